The van der Waals surface area contributed by atoms with Crippen LogP contribution < -0.4 is 4.74 Å². The van der Waals surface area contributed by atoms with E-state index in [4.69, 9.17) is 9.47 Å². The molecule has 4 heteroatoms. The van der Waals surface area contributed by atoms with E-state index in [9.17, 15) is 4.79 Å². The summed E-state index contributed by atoms with van der Waals surface area (Å²) in [7, 11) is 1.40. The third-order valence-corrected chi connectivity index (χ3v) is 3.12. The molecule has 0 saturated carbocycles. The fraction of sp³-hybridized carbons (Fsp3) is 0.400. The maximum atomic E-state index is 11.6. The summed E-state index contributed by atoms with van der Waals surface area (Å²) in [6.07, 6.45) is 2.88. The number of fused-ring (bicyclic) bond motifs is 1. The van der Waals surface area contributed by atoms with Gasteiger partial charge in [0.25, 0.3) is 0 Å². The zero-order valence-corrected chi connectivity index (χ0v) is 11.6. The van der Waals surface area contributed by atoms with Crippen molar-refractivity contribution in [2.75, 3.05) is 13.7 Å². The average Bonchev–Trinajstić information content (AvgIpc) is 2.86. The Balaban J connectivity index is 2.31. The normalized spacial score (nSPS) is 12.4. The van der Waals surface area contributed by atoms with Gasteiger partial charge in [0.1, 0.15) is 11.8 Å². The van der Waals surface area contributed by atoms with Gasteiger partial charge in [-0.3, -0.25) is 0 Å². The first kappa shape index (κ1) is 13.5. The highest BCUT2D eigenvalue weighted by Crippen LogP contribution is 2.25. The molecule has 0 saturated heterocycles. The average molecular weight is 261 g/mol. The molecule has 1 aromatic carbocycles. The van der Waals surface area contributed by atoms with Crippen molar-refractivity contribution < 1.29 is 14.3 Å². The Kier molecular flexibility index (Phi) is 4.10. The molecular formula is C15H19NO3. The maximum absolute atomic E-state index is 11.6. The van der Waals surface area contributed by atoms with Gasteiger partial charge in [0.2, 0.25) is 0 Å². The molecule has 2 aromatic rings. The van der Waals surface area contributed by atoms with Gasteiger partial charge in [-0.15, -0.1) is 0 Å². The lowest BCUT2D eigenvalue weighted by molar-refractivity contribution is -0.143. The zero-order valence-electron chi connectivity index (χ0n) is 11.6. The summed E-state index contributed by atoms with van der Waals surface area (Å²) in [5.74, 6) is 0.613. The van der Waals surface area contributed by atoms with Crippen LogP contribution in [0.5, 0.6) is 5.75 Å². The summed E-state index contributed by atoms with van der Waals surface area (Å²) in [5, 5.41) is 1.06. The second-order valence-electron chi connectivity index (χ2n) is 4.49. The van der Waals surface area contributed by atoms with E-state index in [1.165, 1.54) is 7.11 Å². The number of aromatic nitrogens is 1. The predicted molar refractivity (Wildman–Crippen MR) is 74.5 cm³/mol. The van der Waals surface area contributed by atoms with Crippen LogP contribution in [-0.4, -0.2) is 24.3 Å². The highest BCUT2D eigenvalue weighted by Gasteiger charge is 2.16. The van der Waals surface area contributed by atoms with Crippen molar-refractivity contribution in [3.63, 3.8) is 0 Å². The van der Waals surface area contributed by atoms with Gasteiger partial charge in [-0.1, -0.05) is 6.92 Å². The summed E-state index contributed by atoms with van der Waals surface area (Å²) < 4.78 is 12.3. The number of methoxy groups -OCH3 is 1. The molecule has 19 heavy (non-hydrogen) atoms. The van der Waals surface area contributed by atoms with Gasteiger partial charge in [-0.25, -0.2) is 4.79 Å². The molecule has 0 unspecified atom stereocenters. The number of carbonyl (C=O) groups is 1. The smallest absolute Gasteiger partial charge is 0.328 e. The molecule has 0 fully saturated rings. The van der Waals surface area contributed by atoms with Crippen LogP contribution in [0.3, 0.4) is 0 Å². The zero-order chi connectivity index (χ0) is 13.8. The van der Waals surface area contributed by atoms with E-state index in [2.05, 4.69) is 6.92 Å². The molecule has 0 aliphatic rings. The molecule has 102 valence electrons. The van der Waals surface area contributed by atoms with E-state index in [0.717, 1.165) is 23.1 Å². The lowest BCUT2D eigenvalue weighted by Gasteiger charge is -2.13. The summed E-state index contributed by atoms with van der Waals surface area (Å²) in [4.78, 5) is 11.6. The minimum absolute atomic E-state index is 0.246. The van der Waals surface area contributed by atoms with E-state index in [1.807, 2.05) is 42.0 Å². The summed E-state index contributed by atoms with van der Waals surface area (Å²) in [5.41, 5.74) is 1.00. The Labute approximate surface area is 112 Å². The van der Waals surface area contributed by atoms with Crippen molar-refractivity contribution in [2.24, 2.45) is 0 Å². The first-order valence-electron chi connectivity index (χ1n) is 6.48. The van der Waals surface area contributed by atoms with Gasteiger partial charge in [-0.2, -0.15) is 0 Å². The lowest BCUT2D eigenvalue weighted by Crippen LogP contribution is -2.16. The number of esters is 1. The summed E-state index contributed by atoms with van der Waals surface area (Å²) in [6.45, 7) is 4.62. The minimum Gasteiger partial charge on any atom is -0.494 e. The Bertz CT molecular complexity index is 574. The Hall–Kier alpha value is -1.97. The molecule has 4 nitrogen and oxygen atoms in total. The van der Waals surface area contributed by atoms with Crippen molar-refractivity contribution in [3.05, 3.63) is 30.5 Å². The molecule has 0 aliphatic heterocycles. The van der Waals surface area contributed by atoms with Gasteiger partial charge < -0.3 is 14.0 Å². The van der Waals surface area contributed by atoms with E-state index < -0.39 is 0 Å². The predicted octanol–water partition coefficient (Wildman–Crippen LogP) is 3.16. The number of rotatable bonds is 5. The number of carbonyl (C=O) groups excluding carboxylic acids is 1. The van der Waals surface area contributed by atoms with Crippen molar-refractivity contribution in [3.8, 4) is 5.75 Å². The van der Waals surface area contributed by atoms with E-state index in [-0.39, 0.29) is 12.0 Å². The van der Waals surface area contributed by atoms with Crippen LogP contribution >= 0.6 is 0 Å². The quantitative estimate of drug-likeness (QED) is 0.776. The second kappa shape index (κ2) is 5.78. The first-order chi connectivity index (χ1) is 9.17. The monoisotopic (exact) mass is 261 g/mol. The molecule has 0 N–H and O–H groups in total. The third-order valence-electron chi connectivity index (χ3n) is 3.12. The van der Waals surface area contributed by atoms with Crippen LogP contribution in [0.4, 0.5) is 0 Å². The van der Waals surface area contributed by atoms with Crippen LogP contribution in [0, 0.1) is 0 Å². The first-order valence-corrected chi connectivity index (χ1v) is 6.48. The van der Waals surface area contributed by atoms with Gasteiger partial charge in [0.15, 0.2) is 0 Å². The number of hydrogen-bond donors (Lipinski definition) is 0. The van der Waals surface area contributed by atoms with Gasteiger partial charge >= 0.3 is 5.97 Å². The molecule has 1 aromatic heterocycles. The number of nitrogens with zero attached hydrogens (tertiary/aromatic N) is 1. The topological polar surface area (TPSA) is 40.5 Å². The van der Waals surface area contributed by atoms with E-state index in [1.54, 1.807) is 0 Å². The fourth-order valence-electron chi connectivity index (χ4n) is 2.07. The van der Waals surface area contributed by atoms with E-state index in [0.29, 0.717) is 6.61 Å². The van der Waals surface area contributed by atoms with Crippen LogP contribution in [0.1, 0.15) is 26.3 Å². The van der Waals surface area contributed by atoms with Crippen LogP contribution in [0.25, 0.3) is 10.9 Å². The van der Waals surface area contributed by atoms with E-state index >= 15 is 0 Å². The number of benzene rings is 1. The van der Waals surface area contributed by atoms with Crippen LogP contribution in [0.15, 0.2) is 30.5 Å². The van der Waals surface area contributed by atoms with Gasteiger partial charge in [0.05, 0.1) is 13.7 Å². The SMILES string of the molecule is CCCOc1ccc2c(ccn2[C@@H](C)C(=O)OC)c1. The Morgan fingerprint density at radius 1 is 1.37 bits per heavy atom. The highest BCUT2D eigenvalue weighted by atomic mass is 16.5. The second-order valence-corrected chi connectivity index (χ2v) is 4.49. The maximum Gasteiger partial charge on any atom is 0.328 e. The van der Waals surface area contributed by atoms with Gasteiger partial charge in [-0.05, 0) is 37.6 Å². The van der Waals surface area contributed by atoms with Crippen molar-refractivity contribution in [1.29, 1.82) is 0 Å². The summed E-state index contributed by atoms with van der Waals surface area (Å²) in [6, 6.07) is 7.54. The molecule has 2 rings (SSSR count). The van der Waals surface area contributed by atoms with Crippen LogP contribution in [0.2, 0.25) is 0 Å². The largest absolute Gasteiger partial charge is 0.494 e. The number of ether oxygens (including phenoxy) is 2. The molecular weight excluding hydrogens is 242 g/mol. The lowest BCUT2D eigenvalue weighted by atomic mass is 10.2. The molecule has 1 heterocycles. The fourth-order valence-corrected chi connectivity index (χ4v) is 2.07. The molecule has 0 bridgehead atoms. The van der Waals surface area contributed by atoms with Crippen molar-refractivity contribution in [1.82, 2.24) is 4.57 Å². The van der Waals surface area contributed by atoms with Crippen molar-refractivity contribution >= 4 is 16.9 Å². The molecule has 1 atom stereocenters. The molecule has 0 spiro atoms. The van der Waals surface area contributed by atoms with Crippen LogP contribution in [-0.2, 0) is 9.53 Å². The highest BCUT2D eigenvalue weighted by molar-refractivity contribution is 5.84. The standard InChI is InChI=1S/C15H19NO3/c1-4-9-19-13-5-6-14-12(10-13)7-8-16(14)11(2)15(17)18-3/h5-8,10-11H,4,9H2,1-3H3/t11-/m0/s1. The molecule has 0 aliphatic carbocycles. The van der Waals surface area contributed by atoms with Crippen molar-refractivity contribution in [2.45, 2.75) is 26.3 Å². The number of hydrogen-bond acceptors (Lipinski definition) is 3. The molecule has 0 radical (unpaired) electrons. The summed E-state index contributed by atoms with van der Waals surface area (Å²) >= 11 is 0. The minimum atomic E-state index is -0.329. The Morgan fingerprint density at radius 3 is 2.84 bits per heavy atom. The van der Waals surface area contributed by atoms with Gasteiger partial charge in [0, 0.05) is 17.1 Å². The Morgan fingerprint density at radius 2 is 2.16 bits per heavy atom. The molecule has 0 amide bonds. The third kappa shape index (κ3) is 2.72.